The van der Waals surface area contributed by atoms with Gasteiger partial charge in [-0.25, -0.2) is 4.79 Å². The first-order chi connectivity index (χ1) is 8.72. The topological polar surface area (TPSA) is 47.9 Å². The quantitative estimate of drug-likeness (QED) is 0.441. The van der Waals surface area contributed by atoms with Gasteiger partial charge in [0.1, 0.15) is 0 Å². The second kappa shape index (κ2) is 8.06. The fourth-order valence-electron chi connectivity index (χ4n) is 1.26. The van der Waals surface area contributed by atoms with Gasteiger partial charge in [0.2, 0.25) is 6.61 Å². The summed E-state index contributed by atoms with van der Waals surface area (Å²) in [4.78, 5) is 15.8. The van der Waals surface area contributed by atoms with E-state index in [0.29, 0.717) is 6.61 Å². The van der Waals surface area contributed by atoms with Crippen LogP contribution in [0.25, 0.3) is 6.08 Å². The van der Waals surface area contributed by atoms with Crippen LogP contribution in [0, 0.1) is 0 Å². The zero-order chi connectivity index (χ0) is 13.2. The van der Waals surface area contributed by atoms with Crippen LogP contribution in [0.2, 0.25) is 0 Å². The van der Waals surface area contributed by atoms with Crippen LogP contribution in [0.3, 0.4) is 0 Å². The van der Waals surface area contributed by atoms with Crippen molar-refractivity contribution in [3.8, 4) is 0 Å². The van der Waals surface area contributed by atoms with E-state index >= 15 is 0 Å². The lowest BCUT2D eigenvalue weighted by Gasteiger charge is -1.99. The van der Waals surface area contributed by atoms with Gasteiger partial charge in [0, 0.05) is 0 Å². The lowest BCUT2D eigenvalue weighted by Crippen LogP contribution is -2.10. The molecule has 0 heterocycles. The van der Waals surface area contributed by atoms with Gasteiger partial charge in [0.25, 0.3) is 0 Å². The monoisotopic (exact) mass is 247 g/mol. The number of hydrogen-bond donors (Lipinski definition) is 0. The van der Waals surface area contributed by atoms with E-state index in [1.165, 1.54) is 0 Å². The van der Waals surface area contributed by atoms with Crippen LogP contribution in [-0.2, 0) is 14.4 Å². The summed E-state index contributed by atoms with van der Waals surface area (Å²) in [5.74, 6) is -0.417. The lowest BCUT2D eigenvalue weighted by molar-refractivity contribution is -0.148. The van der Waals surface area contributed by atoms with Crippen molar-refractivity contribution in [2.45, 2.75) is 13.8 Å². The van der Waals surface area contributed by atoms with Crippen molar-refractivity contribution in [1.29, 1.82) is 0 Å². The van der Waals surface area contributed by atoms with Gasteiger partial charge in [-0.2, -0.15) is 0 Å². The molecule has 0 saturated carbocycles. The molecule has 0 saturated heterocycles. The molecule has 0 fully saturated rings. The summed E-state index contributed by atoms with van der Waals surface area (Å²) in [6.07, 6.45) is 3.53. The molecule has 1 aromatic carbocycles. The molecule has 0 bridgehead atoms. The number of oxime groups is 1. The maximum absolute atomic E-state index is 10.9. The zero-order valence-corrected chi connectivity index (χ0v) is 10.6. The molecule has 0 N–H and O–H groups in total. The smallest absolute Gasteiger partial charge is 0.347 e. The van der Waals surface area contributed by atoms with E-state index in [9.17, 15) is 4.79 Å². The molecule has 18 heavy (non-hydrogen) atoms. The highest BCUT2D eigenvalue weighted by molar-refractivity contribution is 5.84. The maximum Gasteiger partial charge on any atom is 0.347 e. The van der Waals surface area contributed by atoms with Crippen LogP contribution < -0.4 is 0 Å². The van der Waals surface area contributed by atoms with E-state index in [0.717, 1.165) is 11.1 Å². The Hall–Kier alpha value is -2.10. The molecule has 96 valence electrons. The van der Waals surface area contributed by atoms with Gasteiger partial charge >= 0.3 is 5.97 Å². The van der Waals surface area contributed by atoms with E-state index in [1.807, 2.05) is 43.3 Å². The molecular formula is C14H17NO3. The van der Waals surface area contributed by atoms with Crippen LogP contribution in [0.1, 0.15) is 19.4 Å². The molecule has 4 heteroatoms. The Balaban J connectivity index is 2.38. The second-order valence-electron chi connectivity index (χ2n) is 3.61. The molecule has 0 amide bonds. The molecule has 0 aliphatic heterocycles. The van der Waals surface area contributed by atoms with Gasteiger partial charge in [0.05, 0.1) is 12.8 Å². The molecular weight excluding hydrogens is 230 g/mol. The minimum absolute atomic E-state index is 0.164. The Morgan fingerprint density at radius 3 is 2.72 bits per heavy atom. The highest BCUT2D eigenvalue weighted by Crippen LogP contribution is 2.04. The first kappa shape index (κ1) is 14.0. The Morgan fingerprint density at radius 2 is 2.06 bits per heavy atom. The second-order valence-corrected chi connectivity index (χ2v) is 3.61. The zero-order valence-electron chi connectivity index (χ0n) is 10.6. The number of rotatable bonds is 6. The SMILES string of the molecule is CCOC(=O)CO/N=C/C(C)=C/c1ccccc1. The number of hydrogen-bond acceptors (Lipinski definition) is 4. The van der Waals surface area contributed by atoms with Gasteiger partial charge in [0.15, 0.2) is 0 Å². The largest absolute Gasteiger partial charge is 0.463 e. The Bertz CT molecular complexity index is 424. The van der Waals surface area contributed by atoms with Crippen molar-refractivity contribution < 1.29 is 14.4 Å². The minimum Gasteiger partial charge on any atom is -0.463 e. The summed E-state index contributed by atoms with van der Waals surface area (Å²) >= 11 is 0. The average molecular weight is 247 g/mol. The summed E-state index contributed by atoms with van der Waals surface area (Å²) in [6, 6.07) is 9.89. The summed E-state index contributed by atoms with van der Waals surface area (Å²) in [6.45, 7) is 3.83. The van der Waals surface area contributed by atoms with Crippen LogP contribution in [-0.4, -0.2) is 25.4 Å². The number of carbonyl (C=O) groups is 1. The third-order valence-electron chi connectivity index (χ3n) is 2.01. The molecule has 0 atom stereocenters. The molecule has 0 radical (unpaired) electrons. The molecule has 4 nitrogen and oxygen atoms in total. The Morgan fingerprint density at radius 1 is 1.33 bits per heavy atom. The standard InChI is InChI=1S/C14H17NO3/c1-3-17-14(16)11-18-15-10-12(2)9-13-7-5-4-6-8-13/h4-10H,3,11H2,1-2H3/b12-9+,15-10+. The minimum atomic E-state index is -0.417. The molecule has 0 unspecified atom stereocenters. The number of ether oxygens (including phenoxy) is 1. The molecule has 0 aliphatic carbocycles. The van der Waals surface area contributed by atoms with Gasteiger partial charge in [-0.3, -0.25) is 0 Å². The van der Waals surface area contributed by atoms with Crippen molar-refractivity contribution in [2.75, 3.05) is 13.2 Å². The number of benzene rings is 1. The van der Waals surface area contributed by atoms with Crippen LogP contribution >= 0.6 is 0 Å². The summed E-state index contributed by atoms with van der Waals surface area (Å²) in [5, 5.41) is 3.70. The predicted molar refractivity (Wildman–Crippen MR) is 71.2 cm³/mol. The maximum atomic E-state index is 10.9. The van der Waals surface area contributed by atoms with Crippen LogP contribution in [0.4, 0.5) is 0 Å². The van der Waals surface area contributed by atoms with Crippen molar-refractivity contribution in [3.05, 3.63) is 41.5 Å². The van der Waals surface area contributed by atoms with Crippen molar-refractivity contribution in [1.82, 2.24) is 0 Å². The highest BCUT2D eigenvalue weighted by Gasteiger charge is 1.99. The number of esters is 1. The highest BCUT2D eigenvalue weighted by atomic mass is 16.6. The first-order valence-electron chi connectivity index (χ1n) is 5.76. The van der Waals surface area contributed by atoms with Gasteiger partial charge in [-0.15, -0.1) is 0 Å². The number of allylic oxidation sites excluding steroid dienone is 1. The van der Waals surface area contributed by atoms with Gasteiger partial charge in [-0.05, 0) is 25.0 Å². The van der Waals surface area contributed by atoms with E-state index < -0.39 is 5.97 Å². The predicted octanol–water partition coefficient (Wildman–Crippen LogP) is 2.66. The normalized spacial score (nSPS) is 11.6. The molecule has 0 spiro atoms. The van der Waals surface area contributed by atoms with E-state index in [2.05, 4.69) is 5.16 Å². The van der Waals surface area contributed by atoms with Crippen molar-refractivity contribution >= 4 is 18.3 Å². The van der Waals surface area contributed by atoms with Crippen LogP contribution in [0.5, 0.6) is 0 Å². The third kappa shape index (κ3) is 5.84. The molecule has 0 aliphatic rings. The van der Waals surface area contributed by atoms with Crippen molar-refractivity contribution in [3.63, 3.8) is 0 Å². The molecule has 0 aromatic heterocycles. The lowest BCUT2D eigenvalue weighted by atomic mass is 10.1. The van der Waals surface area contributed by atoms with E-state index in [1.54, 1.807) is 13.1 Å². The Labute approximate surface area is 107 Å². The van der Waals surface area contributed by atoms with E-state index in [4.69, 9.17) is 9.57 Å². The van der Waals surface area contributed by atoms with E-state index in [-0.39, 0.29) is 6.61 Å². The molecule has 1 rings (SSSR count). The fourth-order valence-corrected chi connectivity index (χ4v) is 1.26. The number of carbonyl (C=O) groups excluding carboxylic acids is 1. The van der Waals surface area contributed by atoms with Gasteiger partial charge < -0.3 is 9.57 Å². The average Bonchev–Trinajstić information content (AvgIpc) is 2.36. The Kier molecular flexibility index (Phi) is 6.25. The summed E-state index contributed by atoms with van der Waals surface area (Å²) in [7, 11) is 0. The third-order valence-corrected chi connectivity index (χ3v) is 2.01. The summed E-state index contributed by atoms with van der Waals surface area (Å²) in [5.41, 5.74) is 2.02. The van der Waals surface area contributed by atoms with Gasteiger partial charge in [-0.1, -0.05) is 41.6 Å². The molecule has 1 aromatic rings. The summed E-state index contributed by atoms with van der Waals surface area (Å²) < 4.78 is 4.69. The fraction of sp³-hybridized carbons (Fsp3) is 0.286. The first-order valence-corrected chi connectivity index (χ1v) is 5.76. The van der Waals surface area contributed by atoms with Crippen LogP contribution in [0.15, 0.2) is 41.1 Å². The number of nitrogens with zero attached hydrogens (tertiary/aromatic N) is 1. The van der Waals surface area contributed by atoms with Crippen molar-refractivity contribution in [2.24, 2.45) is 5.16 Å².